The number of aliphatic imine (C=N–C) groups is 1. The van der Waals surface area contributed by atoms with Crippen molar-refractivity contribution in [3.05, 3.63) is 65.7 Å². The third kappa shape index (κ3) is 3.41. The Kier molecular flexibility index (Phi) is 4.57. The van der Waals surface area contributed by atoms with E-state index in [0.29, 0.717) is 5.02 Å². The highest BCUT2D eigenvalue weighted by molar-refractivity contribution is 8.15. The number of hydrogen-bond acceptors (Lipinski definition) is 4. The van der Waals surface area contributed by atoms with Crippen LogP contribution in [-0.4, -0.2) is 16.3 Å². The van der Waals surface area contributed by atoms with Crippen LogP contribution in [0.2, 0.25) is 5.02 Å². The fraction of sp³-hybridized carbons (Fsp3) is 0.100. The van der Waals surface area contributed by atoms with Crippen LogP contribution in [-0.2, 0) is 4.79 Å². The van der Waals surface area contributed by atoms with Crippen LogP contribution in [0.25, 0.3) is 10.8 Å². The van der Waals surface area contributed by atoms with Crippen LogP contribution < -0.4 is 10.6 Å². The Hall–Kier alpha value is -2.50. The van der Waals surface area contributed by atoms with Gasteiger partial charge in [0, 0.05) is 16.1 Å². The molecule has 0 fully saturated rings. The molecule has 0 saturated carbocycles. The maximum Gasteiger partial charge on any atom is 0.237 e. The lowest BCUT2D eigenvalue weighted by Gasteiger charge is -2.20. The number of nitrogens with one attached hydrogen (secondary N) is 2. The molecular weight excluding hydrogens is 366 g/mol. The molecule has 2 N–H and O–H groups in total. The van der Waals surface area contributed by atoms with Crippen molar-refractivity contribution < 1.29 is 4.79 Å². The van der Waals surface area contributed by atoms with E-state index in [-0.39, 0.29) is 11.2 Å². The fourth-order valence-corrected chi connectivity index (χ4v) is 3.77. The third-order valence-corrected chi connectivity index (χ3v) is 5.35. The summed E-state index contributed by atoms with van der Waals surface area (Å²) in [7, 11) is 0. The second-order valence-corrected chi connectivity index (χ2v) is 7.74. The number of hydrogen-bond donors (Lipinski definition) is 2. The lowest BCUT2D eigenvalue weighted by Crippen LogP contribution is -2.25. The molecule has 0 radical (unpaired) electrons. The summed E-state index contributed by atoms with van der Waals surface area (Å²) in [6, 6.07) is 19.2. The van der Waals surface area contributed by atoms with Crippen molar-refractivity contribution in [3.63, 3.8) is 0 Å². The Labute approximate surface area is 160 Å². The molecule has 1 amide bonds. The lowest BCUT2D eigenvalue weighted by molar-refractivity contribution is -0.115. The summed E-state index contributed by atoms with van der Waals surface area (Å²) < 4.78 is 0. The molecule has 1 heterocycles. The molecule has 0 spiro atoms. The van der Waals surface area contributed by atoms with E-state index in [4.69, 9.17) is 11.6 Å². The quantitative estimate of drug-likeness (QED) is 0.614. The molecular formula is C20H16ClN3OS. The van der Waals surface area contributed by atoms with Crippen LogP contribution in [0.1, 0.15) is 6.92 Å². The highest BCUT2D eigenvalue weighted by Crippen LogP contribution is 2.37. The Morgan fingerprint density at radius 2 is 1.85 bits per heavy atom. The molecule has 0 aliphatic carbocycles. The number of thioether (sulfide) groups is 1. The summed E-state index contributed by atoms with van der Waals surface area (Å²) in [5.41, 5.74) is 2.66. The van der Waals surface area contributed by atoms with Crippen LogP contribution in [0.15, 0.2) is 65.7 Å². The minimum atomic E-state index is -0.304. The van der Waals surface area contributed by atoms with E-state index >= 15 is 0 Å². The number of amides is 1. The molecule has 4 rings (SSSR count). The van der Waals surface area contributed by atoms with Gasteiger partial charge in [-0.2, -0.15) is 0 Å². The molecule has 3 aromatic rings. The summed E-state index contributed by atoms with van der Waals surface area (Å²) in [5.74, 6) is -0.0844. The number of anilines is 2. The first-order chi connectivity index (χ1) is 12.6. The predicted molar refractivity (Wildman–Crippen MR) is 112 cm³/mol. The first-order valence-electron chi connectivity index (χ1n) is 8.21. The molecule has 1 atom stereocenters. The third-order valence-electron chi connectivity index (χ3n) is 4.12. The highest BCUT2D eigenvalue weighted by Gasteiger charge is 2.20. The molecule has 0 aromatic heterocycles. The van der Waals surface area contributed by atoms with Gasteiger partial charge in [-0.3, -0.25) is 4.79 Å². The summed E-state index contributed by atoms with van der Waals surface area (Å²) in [5, 5.41) is 9.54. The molecule has 130 valence electrons. The molecule has 0 bridgehead atoms. The zero-order valence-corrected chi connectivity index (χ0v) is 15.6. The number of benzene rings is 3. The van der Waals surface area contributed by atoms with E-state index in [1.807, 2.05) is 31.2 Å². The molecule has 0 saturated heterocycles. The second kappa shape index (κ2) is 7.02. The highest BCUT2D eigenvalue weighted by atomic mass is 35.5. The Bertz CT molecular complexity index is 1010. The van der Waals surface area contributed by atoms with E-state index in [1.54, 1.807) is 24.3 Å². The Balaban J connectivity index is 1.50. The zero-order valence-electron chi connectivity index (χ0n) is 14.0. The van der Waals surface area contributed by atoms with Gasteiger partial charge in [-0.05, 0) is 48.7 Å². The summed E-state index contributed by atoms with van der Waals surface area (Å²) in [4.78, 5) is 17.1. The van der Waals surface area contributed by atoms with Gasteiger partial charge in [0.25, 0.3) is 0 Å². The number of halogens is 1. The standard InChI is InChI=1S/C20H16ClN3OS/c1-12(19(25)22-15-10-8-14(21)9-11-15)26-20-23-16-6-2-4-13-5-3-7-17(24-20)18(13)16/h2-12H,1H3,(H,22,25)(H,23,24)/t12-/m0/s1. The minimum Gasteiger partial charge on any atom is -0.334 e. The van der Waals surface area contributed by atoms with E-state index in [2.05, 4.69) is 27.8 Å². The van der Waals surface area contributed by atoms with Gasteiger partial charge in [0.1, 0.15) is 0 Å². The minimum absolute atomic E-state index is 0.0844. The maximum atomic E-state index is 12.5. The first-order valence-corrected chi connectivity index (χ1v) is 9.46. The fourth-order valence-electron chi connectivity index (χ4n) is 2.82. The summed E-state index contributed by atoms with van der Waals surface area (Å²) in [6.07, 6.45) is 0. The molecule has 0 unspecified atom stereocenters. The van der Waals surface area contributed by atoms with Crippen LogP contribution in [0.5, 0.6) is 0 Å². The van der Waals surface area contributed by atoms with Crippen molar-refractivity contribution in [2.24, 2.45) is 4.99 Å². The molecule has 3 aromatic carbocycles. The van der Waals surface area contributed by atoms with Gasteiger partial charge in [0.05, 0.1) is 16.6 Å². The van der Waals surface area contributed by atoms with Crippen LogP contribution >= 0.6 is 23.4 Å². The normalized spacial score (nSPS) is 13.7. The number of carbonyl (C=O) groups is 1. The van der Waals surface area contributed by atoms with Crippen molar-refractivity contribution in [2.75, 3.05) is 10.6 Å². The summed E-state index contributed by atoms with van der Waals surface area (Å²) >= 11 is 7.27. The second-order valence-electron chi connectivity index (χ2n) is 5.98. The number of nitrogens with zero attached hydrogens (tertiary/aromatic N) is 1. The van der Waals surface area contributed by atoms with Crippen molar-refractivity contribution in [1.29, 1.82) is 0 Å². The average Bonchev–Trinajstić information content (AvgIpc) is 2.64. The Morgan fingerprint density at radius 1 is 1.12 bits per heavy atom. The van der Waals surface area contributed by atoms with Gasteiger partial charge in [-0.15, -0.1) is 0 Å². The largest absolute Gasteiger partial charge is 0.334 e. The van der Waals surface area contributed by atoms with Crippen LogP contribution in [0, 0.1) is 0 Å². The molecule has 26 heavy (non-hydrogen) atoms. The van der Waals surface area contributed by atoms with Gasteiger partial charge in [-0.1, -0.05) is 47.6 Å². The van der Waals surface area contributed by atoms with Crippen LogP contribution in [0.4, 0.5) is 17.1 Å². The SMILES string of the molecule is C[C@H](SC1=Nc2cccc3cccc(c23)N1)C(=O)Nc1ccc(Cl)cc1. The van der Waals surface area contributed by atoms with Gasteiger partial charge in [0.2, 0.25) is 5.91 Å². The van der Waals surface area contributed by atoms with E-state index in [0.717, 1.165) is 33.0 Å². The van der Waals surface area contributed by atoms with Crippen molar-refractivity contribution in [2.45, 2.75) is 12.2 Å². The van der Waals surface area contributed by atoms with Crippen molar-refractivity contribution >= 4 is 62.3 Å². The molecule has 4 nitrogen and oxygen atoms in total. The topological polar surface area (TPSA) is 53.5 Å². The van der Waals surface area contributed by atoms with Crippen molar-refractivity contribution in [3.8, 4) is 0 Å². The number of rotatable bonds is 3. The number of carbonyl (C=O) groups excluding carboxylic acids is 1. The van der Waals surface area contributed by atoms with Crippen molar-refractivity contribution in [1.82, 2.24) is 0 Å². The monoisotopic (exact) mass is 381 g/mol. The zero-order chi connectivity index (χ0) is 18.1. The molecule has 6 heteroatoms. The predicted octanol–water partition coefficient (Wildman–Crippen LogP) is 5.67. The summed E-state index contributed by atoms with van der Waals surface area (Å²) in [6.45, 7) is 1.86. The smallest absolute Gasteiger partial charge is 0.237 e. The van der Waals surface area contributed by atoms with Crippen LogP contribution in [0.3, 0.4) is 0 Å². The average molecular weight is 382 g/mol. The van der Waals surface area contributed by atoms with E-state index in [9.17, 15) is 4.79 Å². The number of amidine groups is 1. The maximum absolute atomic E-state index is 12.5. The van der Waals surface area contributed by atoms with Gasteiger partial charge < -0.3 is 10.6 Å². The first kappa shape index (κ1) is 16.9. The molecule has 1 aliphatic heterocycles. The lowest BCUT2D eigenvalue weighted by atomic mass is 10.1. The van der Waals surface area contributed by atoms with E-state index < -0.39 is 0 Å². The van der Waals surface area contributed by atoms with Gasteiger partial charge >= 0.3 is 0 Å². The molecule has 1 aliphatic rings. The van der Waals surface area contributed by atoms with Gasteiger partial charge in [0.15, 0.2) is 5.17 Å². The Morgan fingerprint density at radius 3 is 2.62 bits per heavy atom. The van der Waals surface area contributed by atoms with Gasteiger partial charge in [-0.25, -0.2) is 4.99 Å². The van der Waals surface area contributed by atoms with E-state index in [1.165, 1.54) is 11.8 Å².